The van der Waals surface area contributed by atoms with Crippen molar-refractivity contribution < 1.29 is 8.78 Å². The molecule has 2 rings (SSSR count). The summed E-state index contributed by atoms with van der Waals surface area (Å²) in [6.07, 6.45) is 2.09. The molecule has 0 radical (unpaired) electrons. The smallest absolute Gasteiger partial charge is 0.123 e. The van der Waals surface area contributed by atoms with Crippen LogP contribution in [-0.2, 0) is 0 Å². The third-order valence-corrected chi connectivity index (χ3v) is 3.01. The molecule has 0 aliphatic rings. The van der Waals surface area contributed by atoms with Gasteiger partial charge in [-0.25, -0.2) is 8.78 Å². The minimum atomic E-state index is -0.252. The molecule has 0 saturated heterocycles. The molecule has 0 saturated carbocycles. The summed E-state index contributed by atoms with van der Waals surface area (Å²) in [6.45, 7) is 2.95. The fraction of sp³-hybridized carbons (Fsp3) is 0.250. The van der Waals surface area contributed by atoms with E-state index in [0.29, 0.717) is 0 Å². The maximum absolute atomic E-state index is 13.0. The predicted octanol–water partition coefficient (Wildman–Crippen LogP) is 4.90. The standard InChI is InChI=1S/C16H17F2N/c1-2-3-12-19(15-8-4-13(17)5-9-15)16-10-6-14(18)7-11-16/h4-11H,2-3,12H2,1H3. The van der Waals surface area contributed by atoms with Crippen LogP contribution in [0.1, 0.15) is 19.8 Å². The van der Waals surface area contributed by atoms with E-state index in [1.807, 2.05) is 0 Å². The zero-order chi connectivity index (χ0) is 13.7. The fourth-order valence-electron chi connectivity index (χ4n) is 1.97. The topological polar surface area (TPSA) is 3.24 Å². The van der Waals surface area contributed by atoms with Crippen molar-refractivity contribution in [2.45, 2.75) is 19.8 Å². The van der Waals surface area contributed by atoms with Gasteiger partial charge in [0.15, 0.2) is 0 Å². The van der Waals surface area contributed by atoms with Gasteiger partial charge in [-0.2, -0.15) is 0 Å². The van der Waals surface area contributed by atoms with Crippen LogP contribution in [0.5, 0.6) is 0 Å². The van der Waals surface area contributed by atoms with E-state index in [4.69, 9.17) is 0 Å². The maximum Gasteiger partial charge on any atom is 0.123 e. The molecule has 0 unspecified atom stereocenters. The van der Waals surface area contributed by atoms with Crippen LogP contribution in [0.15, 0.2) is 48.5 Å². The average Bonchev–Trinajstić information content (AvgIpc) is 2.43. The van der Waals surface area contributed by atoms with E-state index >= 15 is 0 Å². The Morgan fingerprint density at radius 2 is 1.21 bits per heavy atom. The number of unbranched alkanes of at least 4 members (excludes halogenated alkanes) is 1. The Kier molecular flexibility index (Phi) is 4.50. The average molecular weight is 261 g/mol. The lowest BCUT2D eigenvalue weighted by atomic mass is 10.2. The number of hydrogen-bond donors (Lipinski definition) is 0. The van der Waals surface area contributed by atoms with Gasteiger partial charge in [-0.1, -0.05) is 13.3 Å². The third-order valence-electron chi connectivity index (χ3n) is 3.01. The Balaban J connectivity index is 2.29. The first kappa shape index (κ1) is 13.5. The maximum atomic E-state index is 13.0. The predicted molar refractivity (Wildman–Crippen MR) is 74.7 cm³/mol. The molecule has 0 amide bonds. The summed E-state index contributed by atoms with van der Waals surface area (Å²) in [7, 11) is 0. The number of halogens is 2. The third kappa shape index (κ3) is 3.53. The van der Waals surface area contributed by atoms with Crippen LogP contribution in [0.4, 0.5) is 20.2 Å². The Hall–Kier alpha value is -1.90. The monoisotopic (exact) mass is 261 g/mol. The van der Waals surface area contributed by atoms with Crippen LogP contribution in [0, 0.1) is 11.6 Å². The lowest BCUT2D eigenvalue weighted by Gasteiger charge is -2.25. The van der Waals surface area contributed by atoms with Gasteiger partial charge in [-0.05, 0) is 55.0 Å². The highest BCUT2D eigenvalue weighted by Crippen LogP contribution is 2.26. The second-order valence-electron chi connectivity index (χ2n) is 4.46. The highest BCUT2D eigenvalue weighted by molar-refractivity contribution is 5.62. The highest BCUT2D eigenvalue weighted by atomic mass is 19.1. The normalized spacial score (nSPS) is 10.5. The summed E-state index contributed by atoms with van der Waals surface area (Å²) in [4.78, 5) is 2.07. The minimum Gasteiger partial charge on any atom is -0.341 e. The Bertz CT molecular complexity index is 460. The summed E-state index contributed by atoms with van der Waals surface area (Å²) in [5, 5.41) is 0. The fourth-order valence-corrected chi connectivity index (χ4v) is 1.97. The molecule has 1 nitrogen and oxygen atoms in total. The van der Waals surface area contributed by atoms with Crippen molar-refractivity contribution in [3.63, 3.8) is 0 Å². The van der Waals surface area contributed by atoms with Crippen LogP contribution in [-0.4, -0.2) is 6.54 Å². The largest absolute Gasteiger partial charge is 0.341 e. The van der Waals surface area contributed by atoms with Crippen molar-refractivity contribution >= 4 is 11.4 Å². The first-order valence-electron chi connectivity index (χ1n) is 6.49. The van der Waals surface area contributed by atoms with Crippen molar-refractivity contribution in [1.82, 2.24) is 0 Å². The van der Waals surface area contributed by atoms with Gasteiger partial charge < -0.3 is 4.90 Å². The van der Waals surface area contributed by atoms with E-state index in [1.54, 1.807) is 24.3 Å². The molecular formula is C16H17F2N. The Morgan fingerprint density at radius 1 is 0.789 bits per heavy atom. The second kappa shape index (κ2) is 6.32. The minimum absolute atomic E-state index is 0.252. The van der Waals surface area contributed by atoms with E-state index < -0.39 is 0 Å². The Morgan fingerprint density at radius 3 is 1.58 bits per heavy atom. The van der Waals surface area contributed by atoms with Gasteiger partial charge in [0.05, 0.1) is 0 Å². The van der Waals surface area contributed by atoms with Gasteiger partial charge in [0.25, 0.3) is 0 Å². The molecule has 0 aliphatic carbocycles. The first-order valence-corrected chi connectivity index (χ1v) is 6.49. The molecule has 100 valence electrons. The van der Waals surface area contributed by atoms with Crippen molar-refractivity contribution in [2.24, 2.45) is 0 Å². The van der Waals surface area contributed by atoms with Gasteiger partial charge in [-0.15, -0.1) is 0 Å². The molecular weight excluding hydrogens is 244 g/mol. The van der Waals surface area contributed by atoms with Crippen molar-refractivity contribution in [3.8, 4) is 0 Å². The van der Waals surface area contributed by atoms with E-state index in [1.165, 1.54) is 24.3 Å². The lowest BCUT2D eigenvalue weighted by molar-refractivity contribution is 0.627. The van der Waals surface area contributed by atoms with Crippen LogP contribution in [0.2, 0.25) is 0 Å². The van der Waals surface area contributed by atoms with Crippen LogP contribution in [0.25, 0.3) is 0 Å². The second-order valence-corrected chi connectivity index (χ2v) is 4.46. The molecule has 0 spiro atoms. The molecule has 0 fully saturated rings. The molecule has 3 heteroatoms. The quantitative estimate of drug-likeness (QED) is 0.739. The van der Waals surface area contributed by atoms with Gasteiger partial charge in [0.1, 0.15) is 11.6 Å². The summed E-state index contributed by atoms with van der Waals surface area (Å²) < 4.78 is 26.0. The van der Waals surface area contributed by atoms with Gasteiger partial charge >= 0.3 is 0 Å². The number of rotatable bonds is 5. The summed E-state index contributed by atoms with van der Waals surface area (Å²) in [5.74, 6) is -0.503. The number of benzene rings is 2. The zero-order valence-electron chi connectivity index (χ0n) is 10.9. The van der Waals surface area contributed by atoms with E-state index in [-0.39, 0.29) is 11.6 Å². The number of hydrogen-bond acceptors (Lipinski definition) is 1. The molecule has 0 bridgehead atoms. The van der Waals surface area contributed by atoms with Gasteiger partial charge in [0, 0.05) is 17.9 Å². The van der Waals surface area contributed by atoms with Crippen molar-refractivity contribution in [3.05, 3.63) is 60.2 Å². The van der Waals surface area contributed by atoms with Gasteiger partial charge in [0.2, 0.25) is 0 Å². The van der Waals surface area contributed by atoms with E-state index in [2.05, 4.69) is 11.8 Å². The molecule has 0 aliphatic heterocycles. The van der Waals surface area contributed by atoms with Crippen LogP contribution in [0.3, 0.4) is 0 Å². The summed E-state index contributed by atoms with van der Waals surface area (Å²) in [5.41, 5.74) is 1.84. The van der Waals surface area contributed by atoms with Crippen LogP contribution >= 0.6 is 0 Å². The van der Waals surface area contributed by atoms with Crippen LogP contribution < -0.4 is 4.90 Å². The lowest BCUT2D eigenvalue weighted by Crippen LogP contribution is -2.18. The molecule has 0 aromatic heterocycles. The molecule has 2 aromatic rings. The van der Waals surface area contributed by atoms with Crippen molar-refractivity contribution in [2.75, 3.05) is 11.4 Å². The zero-order valence-corrected chi connectivity index (χ0v) is 10.9. The number of nitrogens with zero attached hydrogens (tertiary/aromatic N) is 1. The SMILES string of the molecule is CCCCN(c1ccc(F)cc1)c1ccc(F)cc1. The Labute approximate surface area is 112 Å². The molecule has 19 heavy (non-hydrogen) atoms. The molecule has 0 atom stereocenters. The first-order chi connectivity index (χ1) is 9.20. The summed E-state index contributed by atoms with van der Waals surface area (Å²) >= 11 is 0. The molecule has 2 aromatic carbocycles. The number of anilines is 2. The highest BCUT2D eigenvalue weighted by Gasteiger charge is 2.09. The van der Waals surface area contributed by atoms with E-state index in [0.717, 1.165) is 30.8 Å². The molecule has 0 heterocycles. The van der Waals surface area contributed by atoms with Crippen molar-refractivity contribution in [1.29, 1.82) is 0 Å². The summed E-state index contributed by atoms with van der Waals surface area (Å²) in [6, 6.07) is 12.7. The molecule has 0 N–H and O–H groups in total. The van der Waals surface area contributed by atoms with Gasteiger partial charge in [-0.3, -0.25) is 0 Å². The van der Waals surface area contributed by atoms with E-state index in [9.17, 15) is 8.78 Å².